The van der Waals surface area contributed by atoms with Crippen LogP contribution in [0.5, 0.6) is 0 Å². The van der Waals surface area contributed by atoms with E-state index < -0.39 is 41.5 Å². The molecule has 3 heterocycles. The van der Waals surface area contributed by atoms with Crippen molar-refractivity contribution < 1.29 is 45.8 Å². The van der Waals surface area contributed by atoms with E-state index in [0.29, 0.717) is 50.1 Å². The van der Waals surface area contributed by atoms with Crippen molar-refractivity contribution in [1.82, 2.24) is 9.80 Å². The summed E-state index contributed by atoms with van der Waals surface area (Å²) in [5.74, 6) is -0.979. The molecule has 0 aromatic heterocycles. The molecule has 212 valence electrons. The first-order valence-corrected chi connectivity index (χ1v) is 12.4. The van der Waals surface area contributed by atoms with E-state index in [1.807, 2.05) is 4.90 Å². The van der Waals surface area contributed by atoms with Gasteiger partial charge in [-0.05, 0) is 62.3 Å². The Morgan fingerprint density at radius 3 is 2.16 bits per heavy atom. The summed E-state index contributed by atoms with van der Waals surface area (Å²) in [4.78, 5) is 28.6. The summed E-state index contributed by atoms with van der Waals surface area (Å²) >= 11 is 0. The van der Waals surface area contributed by atoms with Crippen LogP contribution >= 0.6 is 0 Å². The van der Waals surface area contributed by atoms with Crippen molar-refractivity contribution in [3.63, 3.8) is 0 Å². The number of aliphatic carboxylic acids is 1. The largest absolute Gasteiger partial charge is 0.481 e. The monoisotopic (exact) mass is 551 g/mol. The van der Waals surface area contributed by atoms with Crippen molar-refractivity contribution in [2.45, 2.75) is 58.1 Å². The molecule has 2 unspecified atom stereocenters. The van der Waals surface area contributed by atoms with Crippen LogP contribution in [0.15, 0.2) is 18.2 Å². The zero-order chi connectivity index (χ0) is 28.1. The number of halogens is 6. The van der Waals surface area contributed by atoms with Gasteiger partial charge in [-0.2, -0.15) is 26.3 Å². The van der Waals surface area contributed by atoms with Crippen molar-refractivity contribution in [1.29, 1.82) is 0 Å². The van der Waals surface area contributed by atoms with Gasteiger partial charge in [0, 0.05) is 51.5 Å². The maximum atomic E-state index is 13.6. The van der Waals surface area contributed by atoms with E-state index in [0.717, 1.165) is 19.1 Å². The van der Waals surface area contributed by atoms with Crippen molar-refractivity contribution >= 4 is 17.7 Å². The van der Waals surface area contributed by atoms with Gasteiger partial charge in [0.2, 0.25) is 0 Å². The van der Waals surface area contributed by atoms with Crippen LogP contribution in [0.2, 0.25) is 0 Å². The van der Waals surface area contributed by atoms with Crippen molar-refractivity contribution in [2.75, 3.05) is 44.2 Å². The number of piperidine rings is 1. The highest BCUT2D eigenvalue weighted by Crippen LogP contribution is 2.43. The summed E-state index contributed by atoms with van der Waals surface area (Å²) in [6, 6.07) is 3.85. The Morgan fingerprint density at radius 1 is 1.00 bits per heavy atom. The average Bonchev–Trinajstić information content (AvgIpc) is 3.21. The Kier molecular flexibility index (Phi) is 7.30. The summed E-state index contributed by atoms with van der Waals surface area (Å²) in [5.41, 5.74) is -1.14. The summed E-state index contributed by atoms with van der Waals surface area (Å²) < 4.78 is 83.5. The van der Waals surface area contributed by atoms with Crippen LogP contribution in [0.25, 0.3) is 0 Å². The molecular weight excluding hydrogens is 520 g/mol. The molecule has 1 N–H and O–H groups in total. The Balaban J connectivity index is 1.36. The van der Waals surface area contributed by atoms with Gasteiger partial charge in [0.25, 0.3) is 0 Å². The summed E-state index contributed by atoms with van der Waals surface area (Å²) in [6.45, 7) is 4.81. The molecule has 3 fully saturated rings. The molecule has 0 aliphatic carbocycles. The van der Waals surface area contributed by atoms with Gasteiger partial charge < -0.3 is 19.6 Å². The molecule has 13 heteroatoms. The topological polar surface area (TPSA) is 73.3 Å². The quantitative estimate of drug-likeness (QED) is 0.520. The molecule has 4 rings (SSSR count). The minimum atomic E-state index is -4.63. The van der Waals surface area contributed by atoms with E-state index in [4.69, 9.17) is 0 Å². The van der Waals surface area contributed by atoms with E-state index >= 15 is 0 Å². The number of hydrogen-bond donors (Lipinski definition) is 1. The van der Waals surface area contributed by atoms with Gasteiger partial charge in [-0.3, -0.25) is 9.69 Å². The standard InChI is InChI=1S/C25H31F6N3O4/c1-16(24(26,27)28)38-21(37)33-7-4-23(5-8-33)14-32(15-23)12-17-9-18(25(29,30)31)11-19(10-17)34-6-3-22(2,13-34)20(35)36/h9-11,16H,3-8,12-15H2,1-2H3,(H,35,36). The van der Waals surface area contributed by atoms with Gasteiger partial charge in [-0.15, -0.1) is 0 Å². The number of benzene rings is 1. The SMILES string of the molecule is CC(OC(=O)N1CCC2(CC1)CN(Cc1cc(N3CCC(C)(C(=O)O)C3)cc(C(F)(F)F)c1)C2)C(F)(F)F. The number of carbonyl (C=O) groups is 2. The first-order valence-electron chi connectivity index (χ1n) is 12.4. The Morgan fingerprint density at radius 2 is 1.63 bits per heavy atom. The average molecular weight is 552 g/mol. The van der Waals surface area contributed by atoms with Crippen LogP contribution in [-0.2, 0) is 22.3 Å². The lowest BCUT2D eigenvalue weighted by Crippen LogP contribution is -2.60. The van der Waals surface area contributed by atoms with Crippen LogP contribution in [0.1, 0.15) is 44.2 Å². The molecule has 1 amide bonds. The van der Waals surface area contributed by atoms with E-state index in [1.165, 1.54) is 4.90 Å². The number of amides is 1. The van der Waals surface area contributed by atoms with Gasteiger partial charge >= 0.3 is 24.4 Å². The maximum Gasteiger partial charge on any atom is 0.425 e. The molecule has 1 aromatic rings. The molecule has 3 saturated heterocycles. The highest BCUT2D eigenvalue weighted by atomic mass is 19.4. The zero-order valence-electron chi connectivity index (χ0n) is 21.2. The number of carboxylic acids is 1. The molecule has 3 aliphatic heterocycles. The number of carboxylic acid groups (broad SMARTS) is 1. The highest BCUT2D eigenvalue weighted by molar-refractivity contribution is 5.76. The van der Waals surface area contributed by atoms with Gasteiger partial charge in [-0.1, -0.05) is 0 Å². The maximum absolute atomic E-state index is 13.6. The number of ether oxygens (including phenoxy) is 1. The highest BCUT2D eigenvalue weighted by Gasteiger charge is 2.47. The minimum Gasteiger partial charge on any atom is -0.481 e. The van der Waals surface area contributed by atoms with Crippen molar-refractivity contribution in [3.8, 4) is 0 Å². The van der Waals surface area contributed by atoms with E-state index in [1.54, 1.807) is 17.9 Å². The molecule has 38 heavy (non-hydrogen) atoms. The normalized spacial score (nSPS) is 24.8. The number of likely N-dealkylation sites (tertiary alicyclic amines) is 2. The molecular formula is C25H31F6N3O4. The summed E-state index contributed by atoms with van der Waals surface area (Å²) in [5, 5.41) is 9.49. The molecule has 0 saturated carbocycles. The Hall–Kier alpha value is -2.70. The number of nitrogens with zero attached hydrogens (tertiary/aromatic N) is 3. The summed E-state index contributed by atoms with van der Waals surface area (Å²) in [7, 11) is 0. The fourth-order valence-corrected chi connectivity index (χ4v) is 5.51. The predicted molar refractivity (Wildman–Crippen MR) is 125 cm³/mol. The second-order valence-corrected chi connectivity index (χ2v) is 11.1. The number of alkyl halides is 6. The third-order valence-corrected chi connectivity index (χ3v) is 8.00. The smallest absolute Gasteiger partial charge is 0.425 e. The number of rotatable bonds is 5. The third kappa shape index (κ3) is 5.97. The number of anilines is 1. The zero-order valence-corrected chi connectivity index (χ0v) is 21.2. The second kappa shape index (κ2) is 9.80. The van der Waals surface area contributed by atoms with Gasteiger partial charge in [0.15, 0.2) is 6.10 Å². The van der Waals surface area contributed by atoms with Crippen LogP contribution in [0, 0.1) is 10.8 Å². The number of carbonyl (C=O) groups excluding carboxylic acids is 1. The Labute approximate surface area is 216 Å². The van der Waals surface area contributed by atoms with Crippen LogP contribution < -0.4 is 4.90 Å². The fourth-order valence-electron chi connectivity index (χ4n) is 5.51. The van der Waals surface area contributed by atoms with Crippen molar-refractivity contribution in [2.24, 2.45) is 10.8 Å². The lowest BCUT2D eigenvalue weighted by atomic mass is 9.72. The second-order valence-electron chi connectivity index (χ2n) is 11.1. The molecule has 1 aromatic carbocycles. The lowest BCUT2D eigenvalue weighted by molar-refractivity contribution is -0.200. The van der Waals surface area contributed by atoms with Crippen LogP contribution in [0.3, 0.4) is 0 Å². The van der Waals surface area contributed by atoms with E-state index in [9.17, 15) is 41.0 Å². The molecule has 3 aliphatic rings. The predicted octanol–water partition coefficient (Wildman–Crippen LogP) is 4.99. The van der Waals surface area contributed by atoms with E-state index in [-0.39, 0.29) is 31.6 Å². The summed E-state index contributed by atoms with van der Waals surface area (Å²) in [6.07, 6.45) is -10.9. The van der Waals surface area contributed by atoms with Gasteiger partial charge in [-0.25, -0.2) is 4.79 Å². The molecule has 2 atom stereocenters. The molecule has 7 nitrogen and oxygen atoms in total. The van der Waals surface area contributed by atoms with Gasteiger partial charge in [0.05, 0.1) is 11.0 Å². The first kappa shape index (κ1) is 28.3. The first-order chi connectivity index (χ1) is 17.5. The van der Waals surface area contributed by atoms with Crippen LogP contribution in [0.4, 0.5) is 36.8 Å². The van der Waals surface area contributed by atoms with Gasteiger partial charge in [0.1, 0.15) is 0 Å². The fraction of sp³-hybridized carbons (Fsp3) is 0.680. The van der Waals surface area contributed by atoms with Crippen molar-refractivity contribution in [3.05, 3.63) is 29.3 Å². The van der Waals surface area contributed by atoms with E-state index in [2.05, 4.69) is 4.74 Å². The minimum absolute atomic E-state index is 0.122. The molecule has 0 radical (unpaired) electrons. The lowest BCUT2D eigenvalue weighted by Gasteiger charge is -2.54. The van der Waals surface area contributed by atoms with Crippen LogP contribution in [-0.4, -0.2) is 78.5 Å². The third-order valence-electron chi connectivity index (χ3n) is 8.00. The molecule has 1 spiro atoms. The Bertz CT molecular complexity index is 1060. The molecule has 0 bridgehead atoms. The number of hydrogen-bond acceptors (Lipinski definition) is 5.